The lowest BCUT2D eigenvalue weighted by Crippen LogP contribution is -2.36. The third-order valence-electron chi connectivity index (χ3n) is 4.13. The number of hydrogen-bond acceptors (Lipinski definition) is 4. The van der Waals surface area contributed by atoms with E-state index in [1.165, 1.54) is 5.69 Å². The van der Waals surface area contributed by atoms with Crippen molar-refractivity contribution in [1.82, 2.24) is 9.88 Å². The summed E-state index contributed by atoms with van der Waals surface area (Å²) >= 11 is 5.18. The molecule has 1 saturated heterocycles. The van der Waals surface area contributed by atoms with Gasteiger partial charge in [0.15, 0.2) is 0 Å². The molecule has 0 radical (unpaired) electrons. The number of rotatable bonds is 4. The molecule has 0 atom stereocenters. The van der Waals surface area contributed by atoms with Gasteiger partial charge >= 0.3 is 0 Å². The maximum atomic E-state index is 12.5. The van der Waals surface area contributed by atoms with Gasteiger partial charge in [-0.25, -0.2) is 0 Å². The van der Waals surface area contributed by atoms with Crippen molar-refractivity contribution in [2.75, 3.05) is 38.3 Å². The van der Waals surface area contributed by atoms with Crippen molar-refractivity contribution in [3.8, 4) is 0 Å². The van der Waals surface area contributed by atoms with Gasteiger partial charge in [0.2, 0.25) is 0 Å². The summed E-state index contributed by atoms with van der Waals surface area (Å²) in [5.74, 6) is -0.0749. The minimum absolute atomic E-state index is 0.0749. The molecule has 2 aromatic rings. The van der Waals surface area contributed by atoms with Gasteiger partial charge in [-0.15, -0.1) is 0 Å². The Labute approximate surface area is 146 Å². The minimum atomic E-state index is -0.0749. The summed E-state index contributed by atoms with van der Waals surface area (Å²) in [6, 6.07) is 11.9. The standard InChI is InChI=1S/C18H21N3O2S/c1-20(18(22)16-3-2-8-19-17(16)24)13-14-4-6-15(7-5-14)21-9-11-23-12-10-21/h2-8H,9-13H2,1H3,(H,19,24). The van der Waals surface area contributed by atoms with Crippen molar-refractivity contribution < 1.29 is 9.53 Å². The molecule has 3 rings (SSSR count). The maximum absolute atomic E-state index is 12.5. The average Bonchev–Trinajstić information content (AvgIpc) is 2.63. The van der Waals surface area contributed by atoms with Crippen LogP contribution in [0.25, 0.3) is 0 Å². The normalized spacial score (nSPS) is 14.5. The zero-order valence-corrected chi connectivity index (χ0v) is 14.5. The van der Waals surface area contributed by atoms with Crippen molar-refractivity contribution in [2.45, 2.75) is 6.54 Å². The number of carbonyl (C=O) groups excluding carboxylic acids is 1. The molecule has 0 bridgehead atoms. The highest BCUT2D eigenvalue weighted by Gasteiger charge is 2.14. The van der Waals surface area contributed by atoms with Gasteiger partial charge in [-0.2, -0.15) is 0 Å². The summed E-state index contributed by atoms with van der Waals surface area (Å²) in [7, 11) is 1.79. The van der Waals surface area contributed by atoms with Gasteiger partial charge in [-0.05, 0) is 29.8 Å². The second-order valence-electron chi connectivity index (χ2n) is 5.84. The molecule has 2 heterocycles. The quantitative estimate of drug-likeness (QED) is 0.867. The molecule has 0 saturated carbocycles. The van der Waals surface area contributed by atoms with Gasteiger partial charge < -0.3 is 19.5 Å². The van der Waals surface area contributed by atoms with Gasteiger partial charge in [0.25, 0.3) is 5.91 Å². The summed E-state index contributed by atoms with van der Waals surface area (Å²) < 4.78 is 5.85. The van der Waals surface area contributed by atoms with E-state index >= 15 is 0 Å². The van der Waals surface area contributed by atoms with Crippen molar-refractivity contribution in [2.24, 2.45) is 0 Å². The van der Waals surface area contributed by atoms with Crippen LogP contribution < -0.4 is 4.90 Å². The van der Waals surface area contributed by atoms with E-state index in [1.54, 1.807) is 30.3 Å². The Kier molecular flexibility index (Phi) is 5.27. The van der Waals surface area contributed by atoms with Gasteiger partial charge in [0.05, 0.1) is 18.8 Å². The fourth-order valence-electron chi connectivity index (χ4n) is 2.77. The molecule has 1 amide bonds. The van der Waals surface area contributed by atoms with Gasteiger partial charge in [-0.1, -0.05) is 24.4 Å². The van der Waals surface area contributed by atoms with Crippen LogP contribution >= 0.6 is 12.2 Å². The van der Waals surface area contributed by atoms with Crippen LogP contribution in [0.2, 0.25) is 0 Å². The van der Waals surface area contributed by atoms with Gasteiger partial charge in [0.1, 0.15) is 4.64 Å². The number of aromatic amines is 1. The van der Waals surface area contributed by atoms with Crippen LogP contribution in [0, 0.1) is 4.64 Å². The summed E-state index contributed by atoms with van der Waals surface area (Å²) in [6.45, 7) is 3.94. The van der Waals surface area contributed by atoms with E-state index < -0.39 is 0 Å². The molecule has 1 aliphatic heterocycles. The SMILES string of the molecule is CN(Cc1ccc(N2CCOCC2)cc1)C(=O)c1ccc[nH]c1=S. The Morgan fingerprint density at radius 3 is 2.62 bits per heavy atom. The third kappa shape index (κ3) is 3.83. The number of hydrogen-bond donors (Lipinski definition) is 1. The molecule has 0 unspecified atom stereocenters. The highest BCUT2D eigenvalue weighted by atomic mass is 32.1. The Hall–Kier alpha value is -2.18. The van der Waals surface area contributed by atoms with Crippen molar-refractivity contribution in [1.29, 1.82) is 0 Å². The van der Waals surface area contributed by atoms with E-state index in [4.69, 9.17) is 17.0 Å². The topological polar surface area (TPSA) is 48.6 Å². The monoisotopic (exact) mass is 343 g/mol. The summed E-state index contributed by atoms with van der Waals surface area (Å²) in [4.78, 5) is 19.4. The lowest BCUT2D eigenvalue weighted by atomic mass is 10.1. The second kappa shape index (κ2) is 7.59. The molecule has 1 N–H and O–H groups in total. The van der Waals surface area contributed by atoms with Crippen LogP contribution in [-0.4, -0.2) is 49.1 Å². The second-order valence-corrected chi connectivity index (χ2v) is 6.25. The number of ether oxygens (including phenoxy) is 1. The van der Waals surface area contributed by atoms with Crippen LogP contribution in [0.4, 0.5) is 5.69 Å². The van der Waals surface area contributed by atoms with Crippen LogP contribution in [0.5, 0.6) is 0 Å². The molecular formula is C18H21N3O2S. The van der Waals surface area contributed by atoms with E-state index in [-0.39, 0.29) is 5.91 Å². The fourth-order valence-corrected chi connectivity index (χ4v) is 3.00. The van der Waals surface area contributed by atoms with Gasteiger partial charge in [0, 0.05) is 38.6 Å². The first-order valence-corrected chi connectivity index (χ1v) is 8.41. The fraction of sp³-hybridized carbons (Fsp3) is 0.333. The molecule has 24 heavy (non-hydrogen) atoms. The molecule has 1 fully saturated rings. The highest BCUT2D eigenvalue weighted by Crippen LogP contribution is 2.18. The first-order valence-electron chi connectivity index (χ1n) is 8.00. The molecule has 1 aromatic heterocycles. The highest BCUT2D eigenvalue weighted by molar-refractivity contribution is 7.71. The molecule has 126 valence electrons. The number of aromatic nitrogens is 1. The number of H-pyrrole nitrogens is 1. The Balaban J connectivity index is 1.66. The van der Waals surface area contributed by atoms with Crippen molar-refractivity contribution in [3.05, 3.63) is 58.4 Å². The molecule has 1 aliphatic rings. The Morgan fingerprint density at radius 2 is 1.96 bits per heavy atom. The van der Waals surface area contributed by atoms with E-state index in [2.05, 4.69) is 34.1 Å². The zero-order valence-electron chi connectivity index (χ0n) is 13.7. The maximum Gasteiger partial charge on any atom is 0.256 e. The lowest BCUT2D eigenvalue weighted by molar-refractivity contribution is 0.0784. The van der Waals surface area contributed by atoms with Crippen LogP contribution in [0.3, 0.4) is 0 Å². The molecule has 0 aliphatic carbocycles. The summed E-state index contributed by atoms with van der Waals surface area (Å²) in [5, 5.41) is 0. The van der Waals surface area contributed by atoms with E-state index in [1.807, 2.05) is 0 Å². The van der Waals surface area contributed by atoms with Crippen LogP contribution in [0.1, 0.15) is 15.9 Å². The van der Waals surface area contributed by atoms with Crippen LogP contribution in [0.15, 0.2) is 42.6 Å². The largest absolute Gasteiger partial charge is 0.378 e. The first-order chi connectivity index (χ1) is 11.6. The van der Waals surface area contributed by atoms with E-state index in [9.17, 15) is 4.79 Å². The number of carbonyl (C=O) groups is 1. The van der Waals surface area contributed by atoms with Gasteiger partial charge in [-0.3, -0.25) is 4.79 Å². The number of benzene rings is 1. The Bertz CT molecular complexity index is 751. The molecule has 0 spiro atoms. The first kappa shape index (κ1) is 16.7. The van der Waals surface area contributed by atoms with Crippen molar-refractivity contribution in [3.63, 3.8) is 0 Å². The van der Waals surface area contributed by atoms with Crippen LogP contribution in [-0.2, 0) is 11.3 Å². The molecular weight excluding hydrogens is 322 g/mol. The smallest absolute Gasteiger partial charge is 0.256 e. The average molecular weight is 343 g/mol. The molecule has 5 nitrogen and oxygen atoms in total. The summed E-state index contributed by atoms with van der Waals surface area (Å²) in [6.07, 6.45) is 1.73. The minimum Gasteiger partial charge on any atom is -0.378 e. The predicted molar refractivity (Wildman–Crippen MR) is 96.9 cm³/mol. The number of nitrogens with one attached hydrogen (secondary N) is 1. The predicted octanol–water partition coefficient (Wildman–Crippen LogP) is 2.85. The number of nitrogens with zero attached hydrogens (tertiary/aromatic N) is 2. The lowest BCUT2D eigenvalue weighted by Gasteiger charge is -2.29. The van der Waals surface area contributed by atoms with Crippen molar-refractivity contribution >= 4 is 23.8 Å². The molecule has 1 aromatic carbocycles. The number of pyridine rings is 1. The summed E-state index contributed by atoms with van der Waals surface area (Å²) in [5.41, 5.74) is 2.81. The number of anilines is 1. The third-order valence-corrected chi connectivity index (χ3v) is 4.47. The van der Waals surface area contributed by atoms with E-state index in [0.29, 0.717) is 16.7 Å². The van der Waals surface area contributed by atoms with E-state index in [0.717, 1.165) is 31.9 Å². The number of morpholine rings is 1. The molecule has 6 heteroatoms. The zero-order chi connectivity index (χ0) is 16.9. The number of amides is 1. The Morgan fingerprint density at radius 1 is 1.25 bits per heavy atom.